The summed E-state index contributed by atoms with van der Waals surface area (Å²) in [5, 5.41) is 11.6. The van der Waals surface area contributed by atoms with E-state index in [2.05, 4.69) is 20.4 Å². The molecule has 2 aromatic rings. The fraction of sp³-hybridized carbons (Fsp3) is 0.500. The zero-order valence-corrected chi connectivity index (χ0v) is 14.6. The summed E-state index contributed by atoms with van der Waals surface area (Å²) in [4.78, 5) is 15.5. The van der Waals surface area contributed by atoms with E-state index in [1.807, 2.05) is 0 Å². The Morgan fingerprint density at radius 3 is 2.78 bits per heavy atom. The lowest BCUT2D eigenvalue weighted by Gasteiger charge is -2.44. The molecule has 0 saturated carbocycles. The maximum atomic E-state index is 12.4. The van der Waals surface area contributed by atoms with Crippen LogP contribution < -0.4 is 10.1 Å². The van der Waals surface area contributed by atoms with Crippen LogP contribution in [0.5, 0.6) is 10.3 Å². The van der Waals surface area contributed by atoms with Gasteiger partial charge in [-0.25, -0.2) is 0 Å². The molecule has 9 heteroatoms. The molecular weight excluding hydrogens is 356 g/mol. The summed E-state index contributed by atoms with van der Waals surface area (Å²) >= 11 is 8.18. The first-order valence-electron chi connectivity index (χ1n) is 7.47. The quantitative estimate of drug-likeness (QED) is 0.896. The third-order valence-corrected chi connectivity index (χ3v) is 6.21. The number of fused-ring (bicyclic) bond motifs is 3. The third kappa shape index (κ3) is 3.35. The summed E-state index contributed by atoms with van der Waals surface area (Å²) in [5.41, 5.74) is 0. The number of nitrogens with zero attached hydrogens (tertiary/aromatic N) is 3. The van der Waals surface area contributed by atoms with E-state index >= 15 is 0 Å². The van der Waals surface area contributed by atoms with Crippen LogP contribution in [0.4, 0.5) is 0 Å². The minimum Gasteiger partial charge on any atom is -0.419 e. The van der Waals surface area contributed by atoms with Gasteiger partial charge in [0.05, 0.1) is 4.88 Å². The number of halogens is 1. The lowest BCUT2D eigenvalue weighted by molar-refractivity contribution is 0.0622. The molecule has 3 fully saturated rings. The van der Waals surface area contributed by atoms with Crippen LogP contribution >= 0.6 is 34.3 Å². The van der Waals surface area contributed by atoms with Crippen molar-refractivity contribution < 1.29 is 9.53 Å². The van der Waals surface area contributed by atoms with Crippen LogP contribution in [0.25, 0.3) is 0 Å². The minimum absolute atomic E-state index is 0.0288. The van der Waals surface area contributed by atoms with Gasteiger partial charge in [0.2, 0.25) is 4.47 Å². The number of carbonyl (C=O) groups excluding carboxylic acids is 1. The van der Waals surface area contributed by atoms with E-state index < -0.39 is 0 Å². The number of thiophene rings is 1. The van der Waals surface area contributed by atoms with Crippen molar-refractivity contribution in [1.82, 2.24) is 20.4 Å². The van der Waals surface area contributed by atoms with Gasteiger partial charge in [0, 0.05) is 12.6 Å². The minimum atomic E-state index is -0.0288. The molecule has 1 atom stereocenters. The Morgan fingerprint density at radius 1 is 1.30 bits per heavy atom. The molecule has 1 N–H and O–H groups in total. The van der Waals surface area contributed by atoms with E-state index in [-0.39, 0.29) is 11.9 Å². The fourth-order valence-electron chi connectivity index (χ4n) is 3.19. The average Bonchev–Trinajstić information content (AvgIpc) is 3.18. The number of hydrogen-bond donors (Lipinski definition) is 1. The standard InChI is InChI=1S/C14H15ClN4O2S2/c15-13-17-18-14(23-13)21-11-2-1-10(22-11)12(20)16-9-7-19-5-3-8(9)4-6-19/h1-2,8-9H,3-7H2,(H,16,20)/t9-/m0/s1. The van der Waals surface area contributed by atoms with Crippen LogP contribution in [0.1, 0.15) is 22.5 Å². The smallest absolute Gasteiger partial charge is 0.301 e. The van der Waals surface area contributed by atoms with E-state index in [9.17, 15) is 4.79 Å². The Bertz CT molecular complexity index is 711. The summed E-state index contributed by atoms with van der Waals surface area (Å²) in [6.45, 7) is 3.30. The first kappa shape index (κ1) is 15.3. The van der Waals surface area contributed by atoms with Crippen LogP contribution in [-0.2, 0) is 0 Å². The van der Waals surface area contributed by atoms with E-state index in [1.165, 1.54) is 37.3 Å². The highest BCUT2D eigenvalue weighted by Crippen LogP contribution is 2.33. The van der Waals surface area contributed by atoms with Gasteiger partial charge in [0.25, 0.3) is 5.91 Å². The Morgan fingerprint density at radius 2 is 2.13 bits per heavy atom. The molecule has 0 radical (unpaired) electrons. The molecule has 5 heterocycles. The van der Waals surface area contributed by atoms with E-state index in [0.29, 0.717) is 25.5 Å². The van der Waals surface area contributed by atoms with Crippen LogP contribution in [0, 0.1) is 5.92 Å². The highest BCUT2D eigenvalue weighted by Gasteiger charge is 2.35. The molecule has 5 rings (SSSR count). The molecule has 0 unspecified atom stereocenters. The number of rotatable bonds is 4. The summed E-state index contributed by atoms with van der Waals surface area (Å²) < 4.78 is 5.89. The first-order valence-corrected chi connectivity index (χ1v) is 9.48. The van der Waals surface area contributed by atoms with Crippen LogP contribution in [0.15, 0.2) is 12.1 Å². The van der Waals surface area contributed by atoms with Crippen LogP contribution in [0.2, 0.25) is 4.47 Å². The normalized spacial score (nSPS) is 26.2. The van der Waals surface area contributed by atoms with Crippen LogP contribution in [0.3, 0.4) is 0 Å². The van der Waals surface area contributed by atoms with Crippen molar-refractivity contribution in [3.63, 3.8) is 0 Å². The summed E-state index contributed by atoms with van der Waals surface area (Å²) in [5.74, 6) is 0.585. The SMILES string of the molecule is O=C(N[C@H]1CN2CCC1CC2)c1ccc(Oc2nnc(Cl)s2)s1. The second-order valence-corrected chi connectivity index (χ2v) is 8.33. The lowest BCUT2D eigenvalue weighted by Crippen LogP contribution is -2.57. The molecule has 0 aliphatic carbocycles. The number of ether oxygens (including phenoxy) is 1. The lowest BCUT2D eigenvalue weighted by atomic mass is 9.84. The third-order valence-electron chi connectivity index (χ3n) is 4.35. The fourth-order valence-corrected chi connectivity index (χ4v) is 4.67. The Labute approximate surface area is 146 Å². The number of amides is 1. The maximum Gasteiger partial charge on any atom is 0.301 e. The Kier molecular flexibility index (Phi) is 4.23. The molecule has 122 valence electrons. The molecule has 0 spiro atoms. The monoisotopic (exact) mass is 370 g/mol. The van der Waals surface area contributed by atoms with E-state index in [4.69, 9.17) is 16.3 Å². The maximum absolute atomic E-state index is 12.4. The molecule has 0 aromatic carbocycles. The van der Waals surface area contributed by atoms with Crippen molar-refractivity contribution >= 4 is 40.2 Å². The second-order valence-electron chi connectivity index (χ2n) is 5.76. The summed E-state index contributed by atoms with van der Waals surface area (Å²) in [7, 11) is 0. The second kappa shape index (κ2) is 6.35. The highest BCUT2D eigenvalue weighted by molar-refractivity contribution is 7.17. The van der Waals surface area contributed by atoms with Crippen molar-refractivity contribution in [1.29, 1.82) is 0 Å². The molecule has 3 saturated heterocycles. The molecule has 23 heavy (non-hydrogen) atoms. The van der Waals surface area contributed by atoms with Gasteiger partial charge < -0.3 is 15.0 Å². The molecule has 3 aliphatic rings. The molecule has 3 aliphatic heterocycles. The first-order chi connectivity index (χ1) is 11.2. The van der Waals surface area contributed by atoms with Gasteiger partial charge in [-0.3, -0.25) is 4.79 Å². The zero-order chi connectivity index (χ0) is 15.8. The van der Waals surface area contributed by atoms with Crippen LogP contribution in [-0.4, -0.2) is 46.7 Å². The Balaban J connectivity index is 1.39. The predicted molar refractivity (Wildman–Crippen MR) is 89.7 cm³/mol. The molecule has 2 aromatic heterocycles. The molecule has 2 bridgehead atoms. The number of piperidine rings is 3. The van der Waals surface area contributed by atoms with Gasteiger partial charge in [-0.1, -0.05) is 16.4 Å². The van der Waals surface area contributed by atoms with Crippen molar-refractivity contribution in [3.8, 4) is 10.3 Å². The predicted octanol–water partition coefficient (Wildman–Crippen LogP) is 2.87. The van der Waals surface area contributed by atoms with Crippen molar-refractivity contribution in [2.45, 2.75) is 18.9 Å². The Hall–Kier alpha value is -1.22. The summed E-state index contributed by atoms with van der Waals surface area (Å²) in [6, 6.07) is 3.81. The van der Waals surface area contributed by atoms with Gasteiger partial charge in [-0.2, -0.15) is 0 Å². The number of aromatic nitrogens is 2. The molecular formula is C14H15ClN4O2S2. The topological polar surface area (TPSA) is 67.4 Å². The van der Waals surface area contributed by atoms with Gasteiger partial charge in [-0.05, 0) is 66.9 Å². The van der Waals surface area contributed by atoms with E-state index in [1.54, 1.807) is 12.1 Å². The van der Waals surface area contributed by atoms with Crippen molar-refractivity contribution in [2.75, 3.05) is 19.6 Å². The van der Waals surface area contributed by atoms with Crippen molar-refractivity contribution in [2.24, 2.45) is 5.92 Å². The molecule has 6 nitrogen and oxygen atoms in total. The highest BCUT2D eigenvalue weighted by atomic mass is 35.5. The number of nitrogens with one attached hydrogen (secondary N) is 1. The van der Waals surface area contributed by atoms with E-state index in [0.717, 1.165) is 17.9 Å². The molecule has 1 amide bonds. The number of carbonyl (C=O) groups is 1. The van der Waals surface area contributed by atoms with Crippen molar-refractivity contribution in [3.05, 3.63) is 21.5 Å². The summed E-state index contributed by atoms with van der Waals surface area (Å²) in [6.07, 6.45) is 2.36. The van der Waals surface area contributed by atoms with Gasteiger partial charge in [-0.15, -0.1) is 5.10 Å². The largest absolute Gasteiger partial charge is 0.419 e. The number of hydrogen-bond acceptors (Lipinski definition) is 7. The van der Waals surface area contributed by atoms with Gasteiger partial charge >= 0.3 is 5.19 Å². The van der Waals surface area contributed by atoms with Gasteiger partial charge in [0.15, 0.2) is 5.06 Å². The van der Waals surface area contributed by atoms with Gasteiger partial charge in [0.1, 0.15) is 0 Å². The zero-order valence-electron chi connectivity index (χ0n) is 12.2. The average molecular weight is 371 g/mol.